The normalized spacial score (nSPS) is 13.7. The summed E-state index contributed by atoms with van der Waals surface area (Å²) in [6.45, 7) is 2.01. The van der Waals surface area contributed by atoms with E-state index in [1.54, 1.807) is 15.9 Å². The topological polar surface area (TPSA) is 76.3 Å². The molecule has 0 atom stereocenters. The zero-order chi connectivity index (χ0) is 25.8. The van der Waals surface area contributed by atoms with Gasteiger partial charge in [-0.25, -0.2) is 10.4 Å². The summed E-state index contributed by atoms with van der Waals surface area (Å²) in [4.78, 5) is 33.3. The number of carbonyl (C=O) groups is 1. The Bertz CT molecular complexity index is 1560. The lowest BCUT2D eigenvalue weighted by atomic mass is 9.97. The molecule has 0 bridgehead atoms. The second kappa shape index (κ2) is 11.6. The van der Waals surface area contributed by atoms with Gasteiger partial charge in [-0.15, -0.1) is 11.3 Å². The van der Waals surface area contributed by atoms with Crippen molar-refractivity contribution in [1.82, 2.24) is 15.0 Å². The molecule has 2 aromatic carbocycles. The van der Waals surface area contributed by atoms with Gasteiger partial charge < -0.3 is 0 Å². The molecule has 1 N–H and O–H groups in total. The molecule has 2 aromatic heterocycles. The first-order valence-corrected chi connectivity index (χ1v) is 14.6. The lowest BCUT2D eigenvalue weighted by Crippen LogP contribution is -2.24. The first kappa shape index (κ1) is 25.6. The molecule has 0 saturated heterocycles. The smallest absolute Gasteiger partial charge is 0.267 e. The van der Waals surface area contributed by atoms with Crippen molar-refractivity contribution in [2.75, 3.05) is 5.75 Å². The van der Waals surface area contributed by atoms with Crippen LogP contribution in [0.25, 0.3) is 22.0 Å². The standard InChI is InChI=1S/C28H25BrN4O2S2/c1-18-11-13-21(14-12-18)33-27(35)25-22-9-5-6-10-23(22)37-26(25)31-28(33)36-17-24(34)32-30-16-20(29)15-19-7-3-2-4-8-19/h2-4,7-8,11-16H,5-6,9-10,17H2,1H3,(H,32,34)/b20-15-,30-16-. The maximum atomic E-state index is 13.8. The third kappa shape index (κ3) is 5.95. The summed E-state index contributed by atoms with van der Waals surface area (Å²) in [5.74, 6) is -0.205. The minimum Gasteiger partial charge on any atom is -0.272 e. The summed E-state index contributed by atoms with van der Waals surface area (Å²) in [5.41, 5.74) is 6.52. The molecular weight excluding hydrogens is 568 g/mol. The first-order valence-electron chi connectivity index (χ1n) is 12.0. The number of fused-ring (bicyclic) bond motifs is 3. The molecule has 0 unspecified atom stereocenters. The Labute approximate surface area is 231 Å². The predicted octanol–water partition coefficient (Wildman–Crippen LogP) is 6.26. The molecule has 6 nitrogen and oxygen atoms in total. The van der Waals surface area contributed by atoms with Gasteiger partial charge in [0.25, 0.3) is 11.5 Å². The molecule has 1 amide bonds. The fourth-order valence-corrected chi connectivity index (χ4v) is 6.75. The highest BCUT2D eigenvalue weighted by molar-refractivity contribution is 9.12. The summed E-state index contributed by atoms with van der Waals surface area (Å²) >= 11 is 6.29. The van der Waals surface area contributed by atoms with Gasteiger partial charge in [-0.1, -0.05) is 59.8 Å². The number of thiophene rings is 1. The molecule has 1 aliphatic carbocycles. The Hall–Kier alpha value is -3.01. The van der Waals surface area contributed by atoms with Crippen LogP contribution in [-0.4, -0.2) is 27.4 Å². The van der Waals surface area contributed by atoms with Crippen LogP contribution in [0.15, 0.2) is 74.1 Å². The van der Waals surface area contributed by atoms with Crippen LogP contribution in [0.5, 0.6) is 0 Å². The summed E-state index contributed by atoms with van der Waals surface area (Å²) in [5, 5.41) is 5.28. The maximum Gasteiger partial charge on any atom is 0.267 e. The van der Waals surface area contributed by atoms with Crippen molar-refractivity contribution in [3.05, 3.63) is 91.0 Å². The van der Waals surface area contributed by atoms with Crippen LogP contribution >= 0.6 is 39.0 Å². The van der Waals surface area contributed by atoms with Crippen LogP contribution in [-0.2, 0) is 17.6 Å². The van der Waals surface area contributed by atoms with E-state index in [0.29, 0.717) is 5.16 Å². The largest absolute Gasteiger partial charge is 0.272 e. The van der Waals surface area contributed by atoms with E-state index < -0.39 is 0 Å². The molecule has 0 radical (unpaired) electrons. The van der Waals surface area contributed by atoms with E-state index >= 15 is 0 Å². The van der Waals surface area contributed by atoms with Gasteiger partial charge in [0.1, 0.15) is 4.83 Å². The second-order valence-electron chi connectivity index (χ2n) is 8.78. The Morgan fingerprint density at radius 3 is 2.70 bits per heavy atom. The predicted molar refractivity (Wildman–Crippen MR) is 157 cm³/mol. The summed E-state index contributed by atoms with van der Waals surface area (Å²) < 4.78 is 2.37. The number of thioether (sulfide) groups is 1. The van der Waals surface area contributed by atoms with Gasteiger partial charge in [0, 0.05) is 9.36 Å². The number of halogens is 1. The molecule has 9 heteroatoms. The van der Waals surface area contributed by atoms with Crippen LogP contribution in [0.4, 0.5) is 0 Å². The number of aromatic nitrogens is 2. The molecule has 2 heterocycles. The number of hydrogen-bond acceptors (Lipinski definition) is 6. The Kier molecular flexibility index (Phi) is 8.02. The molecule has 5 rings (SSSR count). The van der Waals surface area contributed by atoms with Gasteiger partial charge in [-0.05, 0) is 77.9 Å². The number of hydrogen-bond donors (Lipinski definition) is 1. The highest BCUT2D eigenvalue weighted by Crippen LogP contribution is 2.35. The summed E-state index contributed by atoms with van der Waals surface area (Å²) in [7, 11) is 0. The van der Waals surface area contributed by atoms with E-state index in [4.69, 9.17) is 4.98 Å². The monoisotopic (exact) mass is 592 g/mol. The number of rotatable bonds is 7. The van der Waals surface area contributed by atoms with Crippen LogP contribution in [0.3, 0.4) is 0 Å². The van der Waals surface area contributed by atoms with Crippen LogP contribution in [0, 0.1) is 6.92 Å². The molecule has 1 aliphatic rings. The van der Waals surface area contributed by atoms with Gasteiger partial charge in [-0.2, -0.15) is 5.10 Å². The molecule has 0 aliphatic heterocycles. The van der Waals surface area contributed by atoms with Gasteiger partial charge >= 0.3 is 0 Å². The zero-order valence-corrected chi connectivity index (χ0v) is 23.5. The SMILES string of the molecule is Cc1ccc(-n2c(SCC(=O)N/N=C\C(Br)=C\c3ccccc3)nc3sc4c(c3c2=O)CCCC4)cc1. The number of carbonyl (C=O) groups excluding carboxylic acids is 1. The minimum atomic E-state index is -0.281. The number of nitrogens with one attached hydrogen (secondary N) is 1. The molecule has 37 heavy (non-hydrogen) atoms. The Morgan fingerprint density at radius 2 is 1.92 bits per heavy atom. The van der Waals surface area contributed by atoms with E-state index in [9.17, 15) is 9.59 Å². The second-order valence-corrected chi connectivity index (χ2v) is 11.7. The molecular formula is C28H25BrN4O2S2. The van der Waals surface area contributed by atoms with Crippen molar-refractivity contribution in [1.29, 1.82) is 0 Å². The summed E-state index contributed by atoms with van der Waals surface area (Å²) in [6, 6.07) is 17.6. The van der Waals surface area contributed by atoms with E-state index in [1.165, 1.54) is 22.9 Å². The summed E-state index contributed by atoms with van der Waals surface area (Å²) in [6.07, 6.45) is 7.60. The Morgan fingerprint density at radius 1 is 1.16 bits per heavy atom. The van der Waals surface area contributed by atoms with Crippen molar-refractivity contribution in [3.8, 4) is 5.69 Å². The van der Waals surface area contributed by atoms with Gasteiger partial charge in [0.05, 0.1) is 23.0 Å². The first-order chi connectivity index (χ1) is 18.0. The maximum absolute atomic E-state index is 13.8. The van der Waals surface area contributed by atoms with Gasteiger partial charge in [-0.3, -0.25) is 14.2 Å². The molecule has 0 spiro atoms. The van der Waals surface area contributed by atoms with Crippen LogP contribution in [0.1, 0.15) is 34.4 Å². The molecule has 4 aromatic rings. The van der Waals surface area contributed by atoms with E-state index in [-0.39, 0.29) is 17.2 Å². The number of benzene rings is 2. The van der Waals surface area contributed by atoms with Crippen molar-refractivity contribution >= 4 is 67.4 Å². The van der Waals surface area contributed by atoms with Crippen LogP contribution in [0.2, 0.25) is 0 Å². The third-order valence-corrected chi connectivity index (χ3v) is 8.62. The van der Waals surface area contributed by atoms with E-state index in [2.05, 4.69) is 26.5 Å². The van der Waals surface area contributed by atoms with Crippen molar-refractivity contribution in [3.63, 3.8) is 0 Å². The number of allylic oxidation sites excluding steroid dienone is 1. The fourth-order valence-electron chi connectivity index (χ4n) is 4.28. The average molecular weight is 594 g/mol. The number of aryl methyl sites for hydroxylation is 3. The van der Waals surface area contributed by atoms with Crippen molar-refractivity contribution < 1.29 is 4.79 Å². The minimum absolute atomic E-state index is 0.0656. The molecule has 0 saturated carbocycles. The quantitative estimate of drug-likeness (QED) is 0.119. The highest BCUT2D eigenvalue weighted by Gasteiger charge is 2.23. The number of hydrazone groups is 1. The van der Waals surface area contributed by atoms with Crippen LogP contribution < -0.4 is 11.0 Å². The fraction of sp³-hybridized carbons (Fsp3) is 0.214. The number of nitrogens with zero attached hydrogens (tertiary/aromatic N) is 3. The zero-order valence-electron chi connectivity index (χ0n) is 20.2. The Balaban J connectivity index is 1.38. The highest BCUT2D eigenvalue weighted by atomic mass is 79.9. The number of amides is 1. The molecule has 0 fully saturated rings. The third-order valence-electron chi connectivity index (χ3n) is 6.06. The lowest BCUT2D eigenvalue weighted by Gasteiger charge is -2.13. The van der Waals surface area contributed by atoms with Gasteiger partial charge in [0.2, 0.25) is 0 Å². The average Bonchev–Trinajstić information content (AvgIpc) is 3.27. The van der Waals surface area contributed by atoms with Crippen molar-refractivity contribution in [2.24, 2.45) is 5.10 Å². The lowest BCUT2D eigenvalue weighted by molar-refractivity contribution is -0.118. The van der Waals surface area contributed by atoms with E-state index in [1.807, 2.05) is 67.6 Å². The van der Waals surface area contributed by atoms with E-state index in [0.717, 1.165) is 62.8 Å². The van der Waals surface area contributed by atoms with Gasteiger partial charge in [0.15, 0.2) is 5.16 Å². The molecule has 188 valence electrons. The van der Waals surface area contributed by atoms with Crippen molar-refractivity contribution in [2.45, 2.75) is 37.8 Å².